The number of phosphoric acid groups is 1. The zero-order valence-electron chi connectivity index (χ0n) is 38.5. The SMILES string of the molecule is CC/C=C\C/C=C\C/C=C\C/C=C\C/C=C\CCCCCC(=O)OC(COC(=O)CCCCCCCCCCCC/C=C\C/C=C\C/C=C\C/C=C\CC)COP(=O)(O)OC. The number of carbonyl (C=O) groups excluding carboxylic acids is 2. The summed E-state index contributed by atoms with van der Waals surface area (Å²) in [4.78, 5) is 34.6. The molecular weight excluding hydrogens is 784 g/mol. The topological polar surface area (TPSA) is 108 Å². The predicted molar refractivity (Wildman–Crippen MR) is 257 cm³/mol. The van der Waals surface area contributed by atoms with E-state index in [0.717, 1.165) is 116 Å². The van der Waals surface area contributed by atoms with E-state index in [0.29, 0.717) is 6.42 Å². The van der Waals surface area contributed by atoms with Crippen LogP contribution in [0, 0.1) is 0 Å². The highest BCUT2D eigenvalue weighted by molar-refractivity contribution is 7.47. The molecule has 346 valence electrons. The molecule has 0 aromatic heterocycles. The van der Waals surface area contributed by atoms with E-state index in [1.165, 1.54) is 38.5 Å². The average molecular weight is 869 g/mol. The van der Waals surface area contributed by atoms with E-state index < -0.39 is 26.5 Å². The summed E-state index contributed by atoms with van der Waals surface area (Å²) < 4.78 is 32.0. The maximum Gasteiger partial charge on any atom is 0.472 e. The van der Waals surface area contributed by atoms with E-state index in [1.54, 1.807) is 0 Å². The minimum atomic E-state index is -4.28. The molecule has 0 rings (SSSR count). The standard InChI is InChI=1S/C52H85O8P/c1-4-6-8-10-12-14-16-18-20-22-24-25-26-27-29-30-32-34-36-38-40-42-44-46-51(53)58-48-50(49-59-61(55,56)57-3)60-52(54)47-45-43-41-39-37-35-33-31-28-23-21-19-17-15-13-11-9-7-5-2/h6-9,12-15,18-21,24-25,28,31,35,37,50H,4-5,10-11,16-17,22-23,26-27,29-30,32-34,36,38-49H2,1-3H3,(H,55,56)/b8-6-,9-7-,14-12-,15-13-,20-18-,21-19-,25-24-,31-28-,37-35-. The van der Waals surface area contributed by atoms with Gasteiger partial charge in [-0.3, -0.25) is 18.6 Å². The Bertz CT molecular complexity index is 1350. The molecule has 0 heterocycles. The summed E-state index contributed by atoms with van der Waals surface area (Å²) in [6.45, 7) is 3.63. The zero-order chi connectivity index (χ0) is 44.6. The molecule has 0 aliphatic carbocycles. The number of unbranched alkanes of at least 4 members (excludes halogenated alkanes) is 13. The van der Waals surface area contributed by atoms with Crippen LogP contribution in [0.1, 0.15) is 181 Å². The molecule has 0 aliphatic rings. The van der Waals surface area contributed by atoms with Gasteiger partial charge in [-0.25, -0.2) is 4.57 Å². The number of rotatable bonds is 42. The highest BCUT2D eigenvalue weighted by Crippen LogP contribution is 2.42. The van der Waals surface area contributed by atoms with Gasteiger partial charge in [-0.05, 0) is 96.3 Å². The van der Waals surface area contributed by atoms with Crippen molar-refractivity contribution in [3.8, 4) is 0 Å². The van der Waals surface area contributed by atoms with E-state index >= 15 is 0 Å². The van der Waals surface area contributed by atoms with Crippen LogP contribution in [-0.2, 0) is 32.7 Å². The van der Waals surface area contributed by atoms with Gasteiger partial charge >= 0.3 is 19.8 Å². The summed E-state index contributed by atoms with van der Waals surface area (Å²) in [5.41, 5.74) is 0. The minimum absolute atomic E-state index is 0.198. The molecule has 2 atom stereocenters. The molecule has 0 aromatic carbocycles. The van der Waals surface area contributed by atoms with Gasteiger partial charge in [0, 0.05) is 20.0 Å². The van der Waals surface area contributed by atoms with Crippen LogP contribution in [0.15, 0.2) is 109 Å². The molecule has 0 spiro atoms. The van der Waals surface area contributed by atoms with Crippen molar-refractivity contribution < 1.29 is 37.6 Å². The van der Waals surface area contributed by atoms with Gasteiger partial charge in [-0.15, -0.1) is 0 Å². The Morgan fingerprint density at radius 3 is 1.18 bits per heavy atom. The summed E-state index contributed by atoms with van der Waals surface area (Å²) >= 11 is 0. The fourth-order valence-electron chi connectivity index (χ4n) is 5.97. The summed E-state index contributed by atoms with van der Waals surface area (Å²) in [7, 11) is -3.23. The predicted octanol–water partition coefficient (Wildman–Crippen LogP) is 15.4. The second-order valence-electron chi connectivity index (χ2n) is 15.1. The number of esters is 2. The first-order valence-corrected chi connectivity index (χ1v) is 25.1. The molecule has 2 unspecified atom stereocenters. The minimum Gasteiger partial charge on any atom is -0.462 e. The van der Waals surface area contributed by atoms with E-state index in [2.05, 4.69) is 128 Å². The Labute approximate surface area is 372 Å². The number of ether oxygens (including phenoxy) is 2. The highest BCUT2D eigenvalue weighted by atomic mass is 31.2. The third kappa shape index (κ3) is 46.1. The van der Waals surface area contributed by atoms with Crippen LogP contribution in [0.4, 0.5) is 0 Å². The Balaban J connectivity index is 4.03. The van der Waals surface area contributed by atoms with Crippen molar-refractivity contribution in [1.29, 1.82) is 0 Å². The maximum atomic E-state index is 12.5. The van der Waals surface area contributed by atoms with Crippen LogP contribution >= 0.6 is 7.82 Å². The lowest BCUT2D eigenvalue weighted by atomic mass is 10.1. The largest absolute Gasteiger partial charge is 0.472 e. The first-order chi connectivity index (χ1) is 29.8. The Morgan fingerprint density at radius 2 is 0.787 bits per heavy atom. The van der Waals surface area contributed by atoms with Crippen molar-refractivity contribution in [3.63, 3.8) is 0 Å². The van der Waals surface area contributed by atoms with Crippen LogP contribution in [0.2, 0.25) is 0 Å². The van der Waals surface area contributed by atoms with Crippen LogP contribution in [0.5, 0.6) is 0 Å². The molecule has 0 aromatic rings. The summed E-state index contributed by atoms with van der Waals surface area (Å²) in [6.07, 6.45) is 64.3. The second kappa shape index (κ2) is 46.2. The van der Waals surface area contributed by atoms with Crippen molar-refractivity contribution >= 4 is 19.8 Å². The van der Waals surface area contributed by atoms with E-state index in [1.807, 2.05) is 0 Å². The molecule has 0 saturated carbocycles. The molecule has 1 N–H and O–H groups in total. The average Bonchev–Trinajstić information content (AvgIpc) is 3.25. The molecule has 0 bridgehead atoms. The van der Waals surface area contributed by atoms with Crippen LogP contribution in [0.3, 0.4) is 0 Å². The van der Waals surface area contributed by atoms with Gasteiger partial charge in [0.25, 0.3) is 0 Å². The molecule has 61 heavy (non-hydrogen) atoms. The van der Waals surface area contributed by atoms with E-state index in [-0.39, 0.29) is 25.4 Å². The van der Waals surface area contributed by atoms with Gasteiger partial charge in [-0.2, -0.15) is 0 Å². The first-order valence-electron chi connectivity index (χ1n) is 23.6. The quantitative estimate of drug-likeness (QED) is 0.0280. The van der Waals surface area contributed by atoms with Gasteiger partial charge in [-0.1, -0.05) is 181 Å². The van der Waals surface area contributed by atoms with Crippen molar-refractivity contribution in [3.05, 3.63) is 109 Å². The molecule has 9 heteroatoms. The van der Waals surface area contributed by atoms with Crippen LogP contribution < -0.4 is 0 Å². The second-order valence-corrected chi connectivity index (χ2v) is 16.7. The van der Waals surface area contributed by atoms with Crippen molar-refractivity contribution in [1.82, 2.24) is 0 Å². The molecule has 0 saturated heterocycles. The van der Waals surface area contributed by atoms with Crippen molar-refractivity contribution in [2.24, 2.45) is 0 Å². The fraction of sp³-hybridized carbons (Fsp3) is 0.615. The number of carbonyl (C=O) groups is 2. The number of hydrogen-bond acceptors (Lipinski definition) is 7. The molecule has 0 amide bonds. The normalized spacial score (nSPS) is 14.2. The zero-order valence-corrected chi connectivity index (χ0v) is 39.4. The molecule has 8 nitrogen and oxygen atoms in total. The lowest BCUT2D eigenvalue weighted by Crippen LogP contribution is -2.29. The van der Waals surface area contributed by atoms with E-state index in [9.17, 15) is 19.0 Å². The molecule has 0 radical (unpaired) electrons. The van der Waals surface area contributed by atoms with Gasteiger partial charge in [0.15, 0.2) is 6.10 Å². The smallest absolute Gasteiger partial charge is 0.462 e. The third-order valence-electron chi connectivity index (χ3n) is 9.51. The van der Waals surface area contributed by atoms with E-state index in [4.69, 9.17) is 14.0 Å². The van der Waals surface area contributed by atoms with Gasteiger partial charge in [0.05, 0.1) is 6.61 Å². The Kier molecular flexibility index (Phi) is 43.7. The number of hydrogen-bond donors (Lipinski definition) is 1. The lowest BCUT2D eigenvalue weighted by molar-refractivity contribution is -0.161. The Morgan fingerprint density at radius 1 is 0.459 bits per heavy atom. The van der Waals surface area contributed by atoms with Gasteiger partial charge in [0.1, 0.15) is 6.61 Å². The molecule has 0 fully saturated rings. The summed E-state index contributed by atoms with van der Waals surface area (Å²) in [5, 5.41) is 0. The molecular formula is C52H85O8P. The Hall–Kier alpha value is -3.29. The third-order valence-corrected chi connectivity index (χ3v) is 10.4. The number of allylic oxidation sites excluding steroid dienone is 18. The monoisotopic (exact) mass is 869 g/mol. The lowest BCUT2D eigenvalue weighted by Gasteiger charge is -2.19. The van der Waals surface area contributed by atoms with Crippen LogP contribution in [-0.4, -0.2) is 43.3 Å². The number of phosphoric ester groups is 1. The summed E-state index contributed by atoms with van der Waals surface area (Å²) in [6, 6.07) is 0. The van der Waals surface area contributed by atoms with Crippen molar-refractivity contribution in [2.75, 3.05) is 20.3 Å². The van der Waals surface area contributed by atoms with Crippen LogP contribution in [0.25, 0.3) is 0 Å². The van der Waals surface area contributed by atoms with Gasteiger partial charge < -0.3 is 14.4 Å². The maximum absolute atomic E-state index is 12.5. The van der Waals surface area contributed by atoms with Gasteiger partial charge in [0.2, 0.25) is 0 Å². The van der Waals surface area contributed by atoms with Crippen molar-refractivity contribution in [2.45, 2.75) is 187 Å². The first kappa shape index (κ1) is 57.7. The highest BCUT2D eigenvalue weighted by Gasteiger charge is 2.24. The summed E-state index contributed by atoms with van der Waals surface area (Å²) in [5.74, 6) is -0.855. The molecule has 0 aliphatic heterocycles. The fourth-order valence-corrected chi connectivity index (χ4v) is 6.43.